The number of allylic oxidation sites excluding steroid dienone is 2. The quantitative estimate of drug-likeness (QED) is 0.170. The van der Waals surface area contributed by atoms with Crippen LogP contribution in [0.1, 0.15) is 104 Å². The minimum Gasteiger partial charge on any atom is -0.391 e. The van der Waals surface area contributed by atoms with Crippen LogP contribution in [0.15, 0.2) is 17.1 Å². The van der Waals surface area contributed by atoms with Gasteiger partial charge in [0.2, 0.25) is 0 Å². The van der Waals surface area contributed by atoms with Crippen LogP contribution in [0.5, 0.6) is 0 Å². The standard InChI is InChI=1S/C24H47N2O/c1-3-5-6-7-8-9-10-11-12-13-14-15-16-17-18-19-24-25-20-21-26(24,4-2)22-23-27/h7-8,20,24,27H,3-6,9-19,21-23H2,1-2H3/q+1/b8-7+. The summed E-state index contributed by atoms with van der Waals surface area (Å²) in [6.45, 7) is 7.72. The van der Waals surface area contributed by atoms with E-state index >= 15 is 0 Å². The normalized spacial score (nSPS) is 22.3. The van der Waals surface area contributed by atoms with Crippen LogP contribution in [-0.4, -0.2) is 48.2 Å². The molecule has 0 aromatic carbocycles. The third-order valence-electron chi connectivity index (χ3n) is 6.25. The lowest BCUT2D eigenvalue weighted by Crippen LogP contribution is -2.53. The maximum atomic E-state index is 9.37. The lowest BCUT2D eigenvalue weighted by Gasteiger charge is -2.37. The largest absolute Gasteiger partial charge is 0.391 e. The molecule has 0 bridgehead atoms. The molecule has 0 aromatic heterocycles. The van der Waals surface area contributed by atoms with E-state index in [0.717, 1.165) is 24.1 Å². The van der Waals surface area contributed by atoms with Gasteiger partial charge in [-0.15, -0.1) is 0 Å². The van der Waals surface area contributed by atoms with E-state index in [2.05, 4.69) is 32.2 Å². The summed E-state index contributed by atoms with van der Waals surface area (Å²) >= 11 is 0. The molecule has 3 heteroatoms. The molecule has 1 N–H and O–H groups in total. The lowest BCUT2D eigenvalue weighted by molar-refractivity contribution is -0.936. The number of likely N-dealkylation sites (N-methyl/N-ethyl adjacent to an activating group) is 1. The molecule has 1 heterocycles. The van der Waals surface area contributed by atoms with Crippen LogP contribution >= 0.6 is 0 Å². The van der Waals surface area contributed by atoms with Crippen molar-refractivity contribution >= 4 is 6.21 Å². The molecular formula is C24H47N2O+. The summed E-state index contributed by atoms with van der Waals surface area (Å²) in [6, 6.07) is 0. The number of rotatable bonds is 18. The highest BCUT2D eigenvalue weighted by Gasteiger charge is 2.36. The molecule has 0 aromatic rings. The molecule has 0 spiro atoms. The van der Waals surface area contributed by atoms with Gasteiger partial charge in [-0.2, -0.15) is 0 Å². The van der Waals surface area contributed by atoms with E-state index in [0.29, 0.717) is 6.17 Å². The molecular weight excluding hydrogens is 332 g/mol. The topological polar surface area (TPSA) is 32.6 Å². The van der Waals surface area contributed by atoms with E-state index in [1.807, 2.05) is 0 Å². The van der Waals surface area contributed by atoms with E-state index < -0.39 is 0 Å². The second-order valence-corrected chi connectivity index (χ2v) is 8.35. The Morgan fingerprint density at radius 1 is 0.889 bits per heavy atom. The molecule has 1 aliphatic rings. The zero-order valence-corrected chi connectivity index (χ0v) is 18.4. The van der Waals surface area contributed by atoms with Crippen molar-refractivity contribution in [2.75, 3.05) is 26.2 Å². The summed E-state index contributed by atoms with van der Waals surface area (Å²) in [5.41, 5.74) is 0. The Morgan fingerprint density at radius 2 is 1.48 bits per heavy atom. The Balaban J connectivity index is 1.90. The fourth-order valence-electron chi connectivity index (χ4n) is 4.26. The van der Waals surface area contributed by atoms with E-state index in [-0.39, 0.29) is 6.61 Å². The third kappa shape index (κ3) is 10.4. The monoisotopic (exact) mass is 379 g/mol. The number of nitrogens with zero attached hydrogens (tertiary/aromatic N) is 2. The smallest absolute Gasteiger partial charge is 0.182 e. The van der Waals surface area contributed by atoms with Gasteiger partial charge in [0, 0.05) is 6.42 Å². The van der Waals surface area contributed by atoms with Crippen LogP contribution in [0.3, 0.4) is 0 Å². The fourth-order valence-corrected chi connectivity index (χ4v) is 4.26. The summed E-state index contributed by atoms with van der Waals surface area (Å²) in [7, 11) is 0. The van der Waals surface area contributed by atoms with Crippen molar-refractivity contribution in [1.29, 1.82) is 0 Å². The fraction of sp³-hybridized carbons (Fsp3) is 0.875. The van der Waals surface area contributed by atoms with Crippen molar-refractivity contribution in [3.63, 3.8) is 0 Å². The average molecular weight is 380 g/mol. The average Bonchev–Trinajstić information content (AvgIpc) is 3.08. The predicted octanol–water partition coefficient (Wildman–Crippen LogP) is 6.26. The number of aliphatic imine (C=N–C) groups is 1. The number of hydrogen-bond donors (Lipinski definition) is 1. The molecule has 0 amide bonds. The molecule has 1 aliphatic heterocycles. The first-order valence-electron chi connectivity index (χ1n) is 11.9. The number of aliphatic hydroxyl groups is 1. The Bertz CT molecular complexity index is 394. The van der Waals surface area contributed by atoms with Gasteiger partial charge < -0.3 is 5.11 Å². The van der Waals surface area contributed by atoms with Crippen molar-refractivity contribution in [3.05, 3.63) is 12.2 Å². The van der Waals surface area contributed by atoms with Gasteiger partial charge in [-0.3, -0.25) is 4.48 Å². The van der Waals surface area contributed by atoms with Gasteiger partial charge in [0.1, 0.15) is 13.1 Å². The Morgan fingerprint density at radius 3 is 2.07 bits per heavy atom. The summed E-state index contributed by atoms with van der Waals surface area (Å²) in [6.07, 6.45) is 26.0. The van der Waals surface area contributed by atoms with Crippen LogP contribution in [0.25, 0.3) is 0 Å². The van der Waals surface area contributed by atoms with E-state index in [4.69, 9.17) is 4.99 Å². The second kappa shape index (κ2) is 16.3. The number of quaternary nitrogens is 1. The van der Waals surface area contributed by atoms with Crippen molar-refractivity contribution in [1.82, 2.24) is 0 Å². The maximum absolute atomic E-state index is 9.37. The second-order valence-electron chi connectivity index (χ2n) is 8.35. The lowest BCUT2D eigenvalue weighted by atomic mass is 10.0. The first-order chi connectivity index (χ1) is 13.3. The first-order valence-corrected chi connectivity index (χ1v) is 11.9. The van der Waals surface area contributed by atoms with Crippen LogP contribution in [0.4, 0.5) is 0 Å². The molecule has 1 rings (SSSR count). The van der Waals surface area contributed by atoms with Gasteiger partial charge in [0.15, 0.2) is 6.17 Å². The minimum absolute atomic E-state index is 0.281. The molecule has 0 fully saturated rings. The molecule has 2 atom stereocenters. The molecule has 0 radical (unpaired) electrons. The van der Waals surface area contributed by atoms with Gasteiger partial charge >= 0.3 is 0 Å². The van der Waals surface area contributed by atoms with Crippen molar-refractivity contribution < 1.29 is 9.59 Å². The number of aliphatic hydroxyl groups excluding tert-OH is 1. The molecule has 27 heavy (non-hydrogen) atoms. The van der Waals surface area contributed by atoms with E-state index in [1.165, 1.54) is 89.9 Å². The zero-order chi connectivity index (χ0) is 19.6. The Hall–Kier alpha value is -0.670. The molecule has 3 nitrogen and oxygen atoms in total. The summed E-state index contributed by atoms with van der Waals surface area (Å²) in [5, 5.41) is 9.37. The van der Waals surface area contributed by atoms with Gasteiger partial charge in [0.05, 0.1) is 19.4 Å². The summed E-state index contributed by atoms with van der Waals surface area (Å²) in [5.74, 6) is 0. The van der Waals surface area contributed by atoms with Gasteiger partial charge in [-0.05, 0) is 32.6 Å². The van der Waals surface area contributed by atoms with Crippen molar-refractivity contribution in [3.8, 4) is 0 Å². The SMILES string of the molecule is CCCC/C=C/CCCCCCCCCCCC1N=CC[N+]1(CC)CCO. The minimum atomic E-state index is 0.281. The molecule has 2 unspecified atom stereocenters. The Labute approximate surface area is 169 Å². The molecule has 0 aliphatic carbocycles. The first kappa shape index (κ1) is 24.4. The van der Waals surface area contributed by atoms with Crippen LogP contribution in [0.2, 0.25) is 0 Å². The summed E-state index contributed by atoms with van der Waals surface area (Å²) < 4.78 is 0.976. The maximum Gasteiger partial charge on any atom is 0.182 e. The van der Waals surface area contributed by atoms with Gasteiger partial charge in [-0.25, -0.2) is 4.99 Å². The number of unbranched alkanes of at least 4 members (excludes halogenated alkanes) is 11. The molecule has 158 valence electrons. The van der Waals surface area contributed by atoms with Crippen molar-refractivity contribution in [2.24, 2.45) is 4.99 Å². The van der Waals surface area contributed by atoms with E-state index in [9.17, 15) is 5.11 Å². The summed E-state index contributed by atoms with van der Waals surface area (Å²) in [4.78, 5) is 4.71. The van der Waals surface area contributed by atoms with Crippen LogP contribution in [0, 0.1) is 0 Å². The number of hydrogen-bond acceptors (Lipinski definition) is 2. The highest BCUT2D eigenvalue weighted by Crippen LogP contribution is 2.24. The highest BCUT2D eigenvalue weighted by molar-refractivity contribution is 5.60. The van der Waals surface area contributed by atoms with E-state index in [1.54, 1.807) is 0 Å². The Kier molecular flexibility index (Phi) is 14.7. The van der Waals surface area contributed by atoms with Crippen molar-refractivity contribution in [2.45, 2.75) is 110 Å². The van der Waals surface area contributed by atoms with Gasteiger partial charge in [-0.1, -0.05) is 76.9 Å². The highest BCUT2D eigenvalue weighted by atomic mass is 16.3. The van der Waals surface area contributed by atoms with Crippen LogP contribution in [-0.2, 0) is 0 Å². The zero-order valence-electron chi connectivity index (χ0n) is 18.4. The predicted molar refractivity (Wildman–Crippen MR) is 119 cm³/mol. The van der Waals surface area contributed by atoms with Crippen LogP contribution < -0.4 is 0 Å². The third-order valence-corrected chi connectivity index (χ3v) is 6.25. The molecule has 0 saturated heterocycles. The molecule has 0 saturated carbocycles. The van der Waals surface area contributed by atoms with Gasteiger partial charge in [0.25, 0.3) is 0 Å².